The number of hydrogen-bond acceptors (Lipinski definition) is 5. The molecule has 1 aliphatic carbocycles. The minimum Gasteiger partial charge on any atom is -0.454 e. The first kappa shape index (κ1) is 26.6. The second-order valence-electron chi connectivity index (χ2n) is 9.98. The van der Waals surface area contributed by atoms with E-state index in [1.165, 1.54) is 30.5 Å². The molecule has 3 N–H and O–H groups in total. The van der Waals surface area contributed by atoms with Gasteiger partial charge in [0.1, 0.15) is 22.8 Å². The molecule has 2 aromatic carbocycles. The number of rotatable bonds is 7. The van der Waals surface area contributed by atoms with Gasteiger partial charge in [-0.3, -0.25) is 19.3 Å². The van der Waals surface area contributed by atoms with Crippen molar-refractivity contribution in [3.8, 4) is 11.5 Å². The van der Waals surface area contributed by atoms with Gasteiger partial charge < -0.3 is 15.8 Å². The maximum Gasteiger partial charge on any atom is 0.247 e. The Bertz CT molecular complexity index is 1420. The van der Waals surface area contributed by atoms with Crippen molar-refractivity contribution in [2.45, 2.75) is 33.6 Å². The highest BCUT2D eigenvalue weighted by atomic mass is 19.1. The van der Waals surface area contributed by atoms with E-state index in [1.54, 1.807) is 20.8 Å². The first-order chi connectivity index (χ1) is 17.8. The van der Waals surface area contributed by atoms with E-state index >= 15 is 8.78 Å². The molecule has 8 nitrogen and oxygen atoms in total. The Labute approximate surface area is 216 Å². The molecule has 198 valence electrons. The summed E-state index contributed by atoms with van der Waals surface area (Å²) in [7, 11) is 0. The maximum absolute atomic E-state index is 15.4. The SMILES string of the molecule is CC(C)(C)C(=O)Nc1cc(Oc2cc(F)c(N(C(=O)C3(C(N)=O)CC3)c3ccc(F)cc3)cc2F)ccn1. The Hall–Kier alpha value is -4.41. The Kier molecular flexibility index (Phi) is 6.88. The normalized spacial score (nSPS) is 13.9. The largest absolute Gasteiger partial charge is 0.454 e. The Balaban J connectivity index is 1.67. The van der Waals surface area contributed by atoms with Gasteiger partial charge in [0.05, 0.1) is 5.69 Å². The smallest absolute Gasteiger partial charge is 0.247 e. The molecular weight excluding hydrogens is 501 g/mol. The third-order valence-electron chi connectivity index (χ3n) is 6.04. The highest BCUT2D eigenvalue weighted by Gasteiger charge is 2.57. The average Bonchev–Trinajstić information content (AvgIpc) is 3.65. The van der Waals surface area contributed by atoms with Crippen LogP contribution in [0.5, 0.6) is 11.5 Å². The summed E-state index contributed by atoms with van der Waals surface area (Å²) in [4.78, 5) is 42.4. The summed E-state index contributed by atoms with van der Waals surface area (Å²) in [5.41, 5.74) is 2.69. The number of carbonyl (C=O) groups excluding carboxylic acids is 3. The minimum absolute atomic E-state index is 0.0178. The number of aromatic nitrogens is 1. The van der Waals surface area contributed by atoms with Crippen LogP contribution >= 0.6 is 0 Å². The summed E-state index contributed by atoms with van der Waals surface area (Å²) in [5.74, 6) is -5.02. The number of ether oxygens (including phenoxy) is 1. The molecular formula is C27H25F3N4O4. The summed E-state index contributed by atoms with van der Waals surface area (Å²) in [6.07, 6.45) is 1.63. The van der Waals surface area contributed by atoms with E-state index in [-0.39, 0.29) is 36.0 Å². The molecule has 1 heterocycles. The standard InChI is InChI=1S/C27H25F3N4O4/c1-26(2,3)24(36)33-22-12-17(8-11-32-22)38-21-14-18(29)20(13-19(21)30)34(16-6-4-15(28)5-7-16)25(37)27(9-10-27)23(31)35/h4-8,11-14H,9-10H2,1-3H3,(H2,31,35)(H,32,33,36). The van der Waals surface area contributed by atoms with Crippen molar-refractivity contribution in [3.05, 3.63) is 72.2 Å². The van der Waals surface area contributed by atoms with Crippen molar-refractivity contribution in [2.24, 2.45) is 16.6 Å². The predicted molar refractivity (Wildman–Crippen MR) is 133 cm³/mol. The second-order valence-corrected chi connectivity index (χ2v) is 9.98. The summed E-state index contributed by atoms with van der Waals surface area (Å²) in [6, 6.07) is 8.71. The first-order valence-corrected chi connectivity index (χ1v) is 11.7. The molecule has 0 bridgehead atoms. The van der Waals surface area contributed by atoms with Crippen LogP contribution in [-0.2, 0) is 14.4 Å². The number of halogens is 3. The highest BCUT2D eigenvalue weighted by Crippen LogP contribution is 2.49. The Morgan fingerprint density at radius 1 is 1.00 bits per heavy atom. The third kappa shape index (κ3) is 5.31. The molecule has 0 unspecified atom stereocenters. The van der Waals surface area contributed by atoms with Gasteiger partial charge in [-0.15, -0.1) is 0 Å². The number of benzene rings is 2. The molecule has 1 aliphatic rings. The van der Waals surface area contributed by atoms with Crippen LogP contribution in [0.15, 0.2) is 54.7 Å². The topological polar surface area (TPSA) is 115 Å². The van der Waals surface area contributed by atoms with Gasteiger partial charge in [-0.2, -0.15) is 0 Å². The Morgan fingerprint density at radius 2 is 1.66 bits per heavy atom. The van der Waals surface area contributed by atoms with Crippen LogP contribution in [0.1, 0.15) is 33.6 Å². The third-order valence-corrected chi connectivity index (χ3v) is 6.04. The van der Waals surface area contributed by atoms with Crippen LogP contribution < -0.4 is 20.7 Å². The van der Waals surface area contributed by atoms with Crippen molar-refractivity contribution in [2.75, 3.05) is 10.2 Å². The molecule has 4 rings (SSSR count). The zero-order chi connectivity index (χ0) is 27.8. The van der Waals surface area contributed by atoms with Gasteiger partial charge in [-0.25, -0.2) is 18.2 Å². The van der Waals surface area contributed by atoms with Gasteiger partial charge in [0.2, 0.25) is 17.7 Å². The molecule has 1 saturated carbocycles. The van der Waals surface area contributed by atoms with Crippen LogP contribution in [0.3, 0.4) is 0 Å². The zero-order valence-corrected chi connectivity index (χ0v) is 20.8. The van der Waals surface area contributed by atoms with Gasteiger partial charge in [0.25, 0.3) is 0 Å². The minimum atomic E-state index is -1.56. The monoisotopic (exact) mass is 526 g/mol. The van der Waals surface area contributed by atoms with Crippen LogP contribution in [0.2, 0.25) is 0 Å². The van der Waals surface area contributed by atoms with Crippen LogP contribution in [0.4, 0.5) is 30.4 Å². The van der Waals surface area contributed by atoms with Gasteiger partial charge >= 0.3 is 0 Å². The van der Waals surface area contributed by atoms with Gasteiger partial charge in [0, 0.05) is 35.5 Å². The van der Waals surface area contributed by atoms with Crippen LogP contribution in [0.25, 0.3) is 0 Å². The molecule has 0 atom stereocenters. The quantitative estimate of drug-likeness (QED) is 0.411. The van der Waals surface area contributed by atoms with E-state index in [0.717, 1.165) is 29.2 Å². The van der Waals surface area contributed by atoms with E-state index in [9.17, 15) is 18.8 Å². The number of hydrogen-bond donors (Lipinski definition) is 2. The van der Waals surface area contributed by atoms with Crippen molar-refractivity contribution < 1.29 is 32.3 Å². The zero-order valence-electron chi connectivity index (χ0n) is 20.8. The highest BCUT2D eigenvalue weighted by molar-refractivity contribution is 6.16. The molecule has 1 aromatic heterocycles. The van der Waals surface area contributed by atoms with Crippen LogP contribution in [0, 0.1) is 28.3 Å². The lowest BCUT2D eigenvalue weighted by Crippen LogP contribution is -2.41. The molecule has 38 heavy (non-hydrogen) atoms. The first-order valence-electron chi connectivity index (χ1n) is 11.7. The van der Waals surface area contributed by atoms with E-state index < -0.39 is 51.5 Å². The van der Waals surface area contributed by atoms with E-state index in [0.29, 0.717) is 0 Å². The molecule has 3 amide bonds. The maximum atomic E-state index is 15.4. The van der Waals surface area contributed by atoms with E-state index in [1.807, 2.05) is 0 Å². The molecule has 0 aliphatic heterocycles. The molecule has 0 radical (unpaired) electrons. The van der Waals surface area contributed by atoms with Crippen LogP contribution in [-0.4, -0.2) is 22.7 Å². The lowest BCUT2D eigenvalue weighted by atomic mass is 9.96. The average molecular weight is 527 g/mol. The van der Waals surface area contributed by atoms with Gasteiger partial charge in [-0.1, -0.05) is 20.8 Å². The number of primary amides is 1. The van der Waals surface area contributed by atoms with E-state index in [2.05, 4.69) is 10.3 Å². The Morgan fingerprint density at radius 3 is 2.24 bits per heavy atom. The molecule has 3 aromatic rings. The number of carbonyl (C=O) groups is 3. The van der Waals surface area contributed by atoms with Crippen molar-refractivity contribution >= 4 is 34.9 Å². The fourth-order valence-electron chi connectivity index (χ4n) is 3.60. The summed E-state index contributed by atoms with van der Waals surface area (Å²) >= 11 is 0. The predicted octanol–water partition coefficient (Wildman–Crippen LogP) is 5.21. The number of nitrogens with one attached hydrogen (secondary N) is 1. The van der Waals surface area contributed by atoms with E-state index in [4.69, 9.17) is 10.5 Å². The molecule has 0 spiro atoms. The van der Waals surface area contributed by atoms with Gasteiger partial charge in [-0.05, 0) is 43.2 Å². The number of nitrogens with zero attached hydrogens (tertiary/aromatic N) is 2. The molecule has 0 saturated heterocycles. The number of amides is 3. The summed E-state index contributed by atoms with van der Waals surface area (Å²) < 4.78 is 49.6. The fraction of sp³-hybridized carbons (Fsp3) is 0.259. The van der Waals surface area contributed by atoms with Crippen molar-refractivity contribution in [3.63, 3.8) is 0 Å². The summed E-state index contributed by atoms with van der Waals surface area (Å²) in [6.45, 7) is 5.16. The number of pyridine rings is 1. The molecule has 1 fully saturated rings. The number of anilines is 3. The van der Waals surface area contributed by atoms with Crippen molar-refractivity contribution in [1.29, 1.82) is 0 Å². The lowest BCUT2D eigenvalue weighted by Gasteiger charge is -2.27. The fourth-order valence-corrected chi connectivity index (χ4v) is 3.60. The van der Waals surface area contributed by atoms with Crippen molar-refractivity contribution in [1.82, 2.24) is 4.98 Å². The molecule has 11 heteroatoms. The van der Waals surface area contributed by atoms with Gasteiger partial charge in [0.15, 0.2) is 17.4 Å². The second kappa shape index (κ2) is 9.81. The lowest BCUT2D eigenvalue weighted by molar-refractivity contribution is -0.133. The summed E-state index contributed by atoms with van der Waals surface area (Å²) in [5, 5.41) is 2.62. The number of nitrogens with two attached hydrogens (primary N) is 1.